The van der Waals surface area contributed by atoms with Crippen molar-refractivity contribution in [3.63, 3.8) is 0 Å². The summed E-state index contributed by atoms with van der Waals surface area (Å²) in [5.74, 6) is 1.46. The van der Waals surface area contributed by atoms with E-state index in [2.05, 4.69) is 16.2 Å². The lowest BCUT2D eigenvalue weighted by molar-refractivity contribution is 0.356. The van der Waals surface area contributed by atoms with Crippen LogP contribution in [0.1, 0.15) is 25.1 Å². The fourth-order valence-electron chi connectivity index (χ4n) is 1.66. The van der Waals surface area contributed by atoms with Gasteiger partial charge in [0.25, 0.3) is 0 Å². The van der Waals surface area contributed by atoms with Crippen LogP contribution in [0.2, 0.25) is 0 Å². The van der Waals surface area contributed by atoms with Gasteiger partial charge < -0.3 is 4.52 Å². The third-order valence-electron chi connectivity index (χ3n) is 2.67. The molecule has 1 heterocycles. The molecule has 0 saturated heterocycles. The Labute approximate surface area is 121 Å². The summed E-state index contributed by atoms with van der Waals surface area (Å²) in [4.78, 5) is 4.81. The van der Waals surface area contributed by atoms with Gasteiger partial charge in [0.1, 0.15) is 5.82 Å². The predicted octanol–water partition coefficient (Wildman–Crippen LogP) is 3.59. The van der Waals surface area contributed by atoms with E-state index in [0.29, 0.717) is 35.2 Å². The summed E-state index contributed by atoms with van der Waals surface area (Å²) in [5.41, 5.74) is 0. The highest BCUT2D eigenvalue weighted by molar-refractivity contribution is 7.98. The van der Waals surface area contributed by atoms with Gasteiger partial charge in [0.15, 0.2) is 5.82 Å². The number of nitriles is 1. The minimum atomic E-state index is -0.246. The molecule has 2 aromatic rings. The quantitative estimate of drug-likeness (QED) is 0.761. The molecule has 1 aromatic carbocycles. The van der Waals surface area contributed by atoms with Gasteiger partial charge in [0, 0.05) is 17.7 Å². The van der Waals surface area contributed by atoms with Crippen molar-refractivity contribution in [3.8, 4) is 6.07 Å². The summed E-state index contributed by atoms with van der Waals surface area (Å²) in [6.07, 6.45) is 1.05. The van der Waals surface area contributed by atoms with Gasteiger partial charge in [-0.3, -0.25) is 0 Å². The van der Waals surface area contributed by atoms with Gasteiger partial charge in [-0.25, -0.2) is 4.39 Å². The first-order valence-electron chi connectivity index (χ1n) is 6.24. The Balaban J connectivity index is 1.90. The molecule has 0 radical (unpaired) electrons. The molecule has 1 aromatic heterocycles. The lowest BCUT2D eigenvalue weighted by Crippen LogP contribution is -1.98. The number of benzene rings is 1. The van der Waals surface area contributed by atoms with E-state index in [0.717, 1.165) is 0 Å². The Bertz CT molecular complexity index is 608. The minimum Gasteiger partial charge on any atom is -0.339 e. The Hall–Kier alpha value is -1.87. The largest absolute Gasteiger partial charge is 0.339 e. The molecule has 0 aliphatic carbocycles. The summed E-state index contributed by atoms with van der Waals surface area (Å²) >= 11 is 1.33. The van der Waals surface area contributed by atoms with Crippen molar-refractivity contribution in [3.05, 3.63) is 41.8 Å². The molecule has 2 rings (SSSR count). The van der Waals surface area contributed by atoms with Crippen LogP contribution in [0, 0.1) is 23.1 Å². The zero-order chi connectivity index (χ0) is 14.4. The van der Waals surface area contributed by atoms with Gasteiger partial charge in [-0.1, -0.05) is 24.2 Å². The van der Waals surface area contributed by atoms with Crippen molar-refractivity contribution in [1.82, 2.24) is 10.1 Å². The highest BCUT2D eigenvalue weighted by Gasteiger charge is 2.11. The van der Waals surface area contributed by atoms with Crippen LogP contribution < -0.4 is 0 Å². The molecule has 0 fully saturated rings. The average molecular weight is 291 g/mol. The van der Waals surface area contributed by atoms with Gasteiger partial charge in [-0.15, -0.1) is 11.8 Å². The van der Waals surface area contributed by atoms with E-state index in [1.54, 1.807) is 18.2 Å². The number of hydrogen-bond acceptors (Lipinski definition) is 5. The van der Waals surface area contributed by atoms with Crippen molar-refractivity contribution >= 4 is 11.8 Å². The van der Waals surface area contributed by atoms with Crippen LogP contribution >= 0.6 is 11.8 Å². The summed E-state index contributed by atoms with van der Waals surface area (Å²) in [7, 11) is 0. The molecule has 0 N–H and O–H groups in total. The topological polar surface area (TPSA) is 62.7 Å². The molecule has 104 valence electrons. The Morgan fingerprint density at radius 2 is 2.25 bits per heavy atom. The number of thioether (sulfide) groups is 1. The monoisotopic (exact) mass is 291 g/mol. The summed E-state index contributed by atoms with van der Waals surface area (Å²) in [5, 5.41) is 12.5. The molecule has 0 bridgehead atoms. The van der Waals surface area contributed by atoms with Crippen molar-refractivity contribution in [2.45, 2.75) is 30.4 Å². The van der Waals surface area contributed by atoms with E-state index in [4.69, 9.17) is 9.78 Å². The second-order valence-corrected chi connectivity index (χ2v) is 5.51. The summed E-state index contributed by atoms with van der Waals surface area (Å²) < 4.78 is 18.6. The van der Waals surface area contributed by atoms with Crippen molar-refractivity contribution < 1.29 is 8.91 Å². The molecule has 4 nitrogen and oxygen atoms in total. The van der Waals surface area contributed by atoms with Crippen LogP contribution in [-0.4, -0.2) is 10.1 Å². The van der Waals surface area contributed by atoms with Crippen LogP contribution in [0.3, 0.4) is 0 Å². The first-order chi connectivity index (χ1) is 9.69. The Morgan fingerprint density at radius 1 is 1.45 bits per heavy atom. The van der Waals surface area contributed by atoms with Gasteiger partial charge in [0.05, 0.1) is 11.8 Å². The lowest BCUT2D eigenvalue weighted by atomic mass is 10.1. The zero-order valence-electron chi connectivity index (χ0n) is 11.0. The molecular weight excluding hydrogens is 277 g/mol. The van der Waals surface area contributed by atoms with Crippen molar-refractivity contribution in [2.75, 3.05) is 0 Å². The molecule has 0 spiro atoms. The molecule has 0 aliphatic rings. The maximum atomic E-state index is 13.4. The van der Waals surface area contributed by atoms with Gasteiger partial charge in [-0.2, -0.15) is 10.2 Å². The Morgan fingerprint density at radius 3 is 3.00 bits per heavy atom. The fourth-order valence-corrected chi connectivity index (χ4v) is 2.44. The number of aromatic nitrogens is 2. The first-order valence-corrected chi connectivity index (χ1v) is 7.23. The Kier molecular flexibility index (Phi) is 5.13. The van der Waals surface area contributed by atoms with E-state index >= 15 is 0 Å². The molecule has 1 unspecified atom stereocenters. The number of nitrogens with zero attached hydrogens (tertiary/aromatic N) is 3. The zero-order valence-corrected chi connectivity index (χ0v) is 11.9. The van der Waals surface area contributed by atoms with E-state index in [9.17, 15) is 4.39 Å². The van der Waals surface area contributed by atoms with E-state index in [-0.39, 0.29) is 11.7 Å². The molecular formula is C14H14FN3OS. The molecule has 1 atom stereocenters. The van der Waals surface area contributed by atoms with E-state index in [1.807, 2.05) is 6.92 Å². The minimum absolute atomic E-state index is 0.188. The number of halogens is 1. The van der Waals surface area contributed by atoms with Crippen molar-refractivity contribution in [1.29, 1.82) is 5.26 Å². The number of hydrogen-bond donors (Lipinski definition) is 0. The van der Waals surface area contributed by atoms with Gasteiger partial charge in [-0.05, 0) is 18.1 Å². The predicted molar refractivity (Wildman–Crippen MR) is 73.4 cm³/mol. The molecule has 0 saturated carbocycles. The van der Waals surface area contributed by atoms with Crippen LogP contribution in [0.4, 0.5) is 4.39 Å². The van der Waals surface area contributed by atoms with Crippen LogP contribution in [-0.2, 0) is 12.2 Å². The number of rotatable bonds is 6. The maximum absolute atomic E-state index is 13.4. The molecule has 0 aliphatic heterocycles. The average Bonchev–Trinajstić information content (AvgIpc) is 2.85. The molecule has 20 heavy (non-hydrogen) atoms. The summed E-state index contributed by atoms with van der Waals surface area (Å²) in [6, 6.07) is 8.70. The van der Waals surface area contributed by atoms with Gasteiger partial charge >= 0.3 is 0 Å². The van der Waals surface area contributed by atoms with Crippen LogP contribution in [0.25, 0.3) is 0 Å². The SMILES string of the molecule is CC(CC#N)Cc1nc(CSc2ccccc2F)no1. The lowest BCUT2D eigenvalue weighted by Gasteiger charge is -2.00. The third kappa shape index (κ3) is 4.07. The van der Waals surface area contributed by atoms with Crippen molar-refractivity contribution in [2.24, 2.45) is 5.92 Å². The van der Waals surface area contributed by atoms with Crippen LogP contribution in [0.5, 0.6) is 0 Å². The second kappa shape index (κ2) is 7.06. The van der Waals surface area contributed by atoms with E-state index in [1.165, 1.54) is 17.8 Å². The highest BCUT2D eigenvalue weighted by Crippen LogP contribution is 2.24. The van der Waals surface area contributed by atoms with Gasteiger partial charge in [0.2, 0.25) is 5.89 Å². The standard InChI is InChI=1S/C14H14FN3OS/c1-10(6-7-16)8-14-17-13(18-19-14)9-20-12-5-3-2-4-11(12)15/h2-5,10H,6,8-9H2,1H3. The first kappa shape index (κ1) is 14.5. The highest BCUT2D eigenvalue weighted by atomic mass is 32.2. The maximum Gasteiger partial charge on any atom is 0.226 e. The molecule has 6 heteroatoms. The fraction of sp³-hybridized carbons (Fsp3) is 0.357. The van der Waals surface area contributed by atoms with E-state index < -0.39 is 0 Å². The molecule has 0 amide bonds. The third-order valence-corrected chi connectivity index (χ3v) is 3.71. The van der Waals surface area contributed by atoms with Crippen LogP contribution in [0.15, 0.2) is 33.7 Å². The normalized spacial score (nSPS) is 12.1. The second-order valence-electron chi connectivity index (χ2n) is 4.49. The smallest absolute Gasteiger partial charge is 0.226 e. The summed E-state index contributed by atoms with van der Waals surface area (Å²) in [6.45, 7) is 1.96.